The lowest BCUT2D eigenvalue weighted by atomic mass is 10.2. The van der Waals surface area contributed by atoms with Crippen molar-refractivity contribution in [3.63, 3.8) is 0 Å². The van der Waals surface area contributed by atoms with Crippen molar-refractivity contribution in [1.29, 1.82) is 0 Å². The third-order valence-corrected chi connectivity index (χ3v) is 3.12. The Morgan fingerprint density at radius 1 is 1.53 bits per heavy atom. The molecule has 0 spiro atoms. The number of hydrogen-bond donors (Lipinski definition) is 1. The number of likely N-dealkylation sites (tertiary alicyclic amines) is 1. The Hall–Kier alpha value is -0.350. The van der Waals surface area contributed by atoms with Gasteiger partial charge in [0.05, 0.1) is 0 Å². The lowest BCUT2D eigenvalue weighted by Crippen LogP contribution is -2.46. The number of rotatable bonds is 4. The maximum Gasteiger partial charge on any atom is 0.169 e. The fourth-order valence-electron chi connectivity index (χ4n) is 2.05. The van der Waals surface area contributed by atoms with Crippen molar-refractivity contribution in [3.8, 4) is 0 Å². The van der Waals surface area contributed by atoms with Gasteiger partial charge in [0.25, 0.3) is 0 Å². The minimum atomic E-state index is 0.608. The number of nitrogens with one attached hydrogen (secondary N) is 1. The maximum absolute atomic E-state index is 5.41. The zero-order chi connectivity index (χ0) is 11.3. The second-order valence-corrected chi connectivity index (χ2v) is 4.87. The molecule has 0 aromatic rings. The topological polar surface area (TPSA) is 18.5 Å². The average Bonchev–Trinajstić information content (AvgIpc) is 2.61. The number of likely N-dealkylation sites (N-methyl/N-ethyl adjacent to an activating group) is 1. The molecule has 15 heavy (non-hydrogen) atoms. The van der Waals surface area contributed by atoms with E-state index < -0.39 is 0 Å². The summed E-state index contributed by atoms with van der Waals surface area (Å²) in [7, 11) is 4.25. The summed E-state index contributed by atoms with van der Waals surface area (Å²) in [5.41, 5.74) is 0. The van der Waals surface area contributed by atoms with E-state index in [4.69, 9.17) is 12.2 Å². The summed E-state index contributed by atoms with van der Waals surface area (Å²) in [5.74, 6) is 0. The van der Waals surface area contributed by atoms with E-state index in [-0.39, 0.29) is 0 Å². The molecular weight excluding hydrogens is 206 g/mol. The van der Waals surface area contributed by atoms with E-state index in [1.807, 2.05) is 0 Å². The molecule has 0 aliphatic carbocycles. The molecule has 0 saturated carbocycles. The molecule has 4 heteroatoms. The molecule has 1 unspecified atom stereocenters. The van der Waals surface area contributed by atoms with Crippen LogP contribution in [0.1, 0.15) is 26.2 Å². The van der Waals surface area contributed by atoms with Crippen molar-refractivity contribution >= 4 is 17.3 Å². The maximum atomic E-state index is 5.41. The average molecular weight is 229 g/mol. The molecular formula is C11H23N3S. The van der Waals surface area contributed by atoms with Crippen LogP contribution in [0.2, 0.25) is 0 Å². The summed E-state index contributed by atoms with van der Waals surface area (Å²) in [5, 5.41) is 4.26. The molecule has 0 radical (unpaired) electrons. The van der Waals surface area contributed by atoms with Gasteiger partial charge in [-0.15, -0.1) is 0 Å². The largest absolute Gasteiger partial charge is 0.363 e. The van der Waals surface area contributed by atoms with E-state index in [0.29, 0.717) is 6.04 Å². The van der Waals surface area contributed by atoms with Crippen LogP contribution < -0.4 is 5.32 Å². The van der Waals surface area contributed by atoms with Gasteiger partial charge in [-0.25, -0.2) is 0 Å². The van der Waals surface area contributed by atoms with E-state index >= 15 is 0 Å². The Kier molecular flexibility index (Phi) is 5.32. The van der Waals surface area contributed by atoms with Crippen LogP contribution in [0.15, 0.2) is 0 Å². The van der Waals surface area contributed by atoms with Crippen molar-refractivity contribution in [1.82, 2.24) is 15.1 Å². The van der Waals surface area contributed by atoms with Gasteiger partial charge in [0, 0.05) is 25.7 Å². The Bertz CT molecular complexity index is 206. The molecule has 0 aromatic carbocycles. The summed E-state index contributed by atoms with van der Waals surface area (Å²) in [4.78, 5) is 4.59. The third kappa shape index (κ3) is 3.95. The first-order valence-electron chi connectivity index (χ1n) is 5.84. The number of nitrogens with zero attached hydrogens (tertiary/aromatic N) is 2. The van der Waals surface area contributed by atoms with Gasteiger partial charge in [-0.2, -0.15) is 0 Å². The summed E-state index contributed by atoms with van der Waals surface area (Å²) in [6, 6.07) is 0.608. The Morgan fingerprint density at radius 3 is 2.87 bits per heavy atom. The predicted octanol–water partition coefficient (Wildman–Crippen LogP) is 1.30. The SMILES string of the molecule is CCCNC(=S)N1CCCC1CN(C)C. The Morgan fingerprint density at radius 2 is 2.27 bits per heavy atom. The van der Waals surface area contributed by atoms with Gasteiger partial charge in [0.1, 0.15) is 0 Å². The molecule has 0 aromatic heterocycles. The fourth-order valence-corrected chi connectivity index (χ4v) is 2.39. The quantitative estimate of drug-likeness (QED) is 0.732. The zero-order valence-corrected chi connectivity index (χ0v) is 10.9. The fraction of sp³-hybridized carbons (Fsp3) is 0.909. The van der Waals surface area contributed by atoms with Crippen molar-refractivity contribution in [2.45, 2.75) is 32.2 Å². The second-order valence-electron chi connectivity index (χ2n) is 4.48. The third-order valence-electron chi connectivity index (χ3n) is 2.74. The summed E-state index contributed by atoms with van der Waals surface area (Å²) in [6.45, 7) is 5.38. The Balaban J connectivity index is 2.41. The van der Waals surface area contributed by atoms with E-state index in [9.17, 15) is 0 Å². The number of hydrogen-bond acceptors (Lipinski definition) is 2. The first-order valence-corrected chi connectivity index (χ1v) is 6.25. The van der Waals surface area contributed by atoms with Gasteiger partial charge < -0.3 is 15.1 Å². The smallest absolute Gasteiger partial charge is 0.169 e. The monoisotopic (exact) mass is 229 g/mol. The highest BCUT2D eigenvalue weighted by molar-refractivity contribution is 7.80. The van der Waals surface area contributed by atoms with Crippen molar-refractivity contribution in [2.75, 3.05) is 33.7 Å². The lowest BCUT2D eigenvalue weighted by molar-refractivity contribution is 0.284. The zero-order valence-electron chi connectivity index (χ0n) is 10.1. The van der Waals surface area contributed by atoms with Crippen molar-refractivity contribution < 1.29 is 0 Å². The van der Waals surface area contributed by atoms with Crippen LogP contribution in [-0.2, 0) is 0 Å². The van der Waals surface area contributed by atoms with Gasteiger partial charge in [-0.3, -0.25) is 0 Å². The van der Waals surface area contributed by atoms with Crippen LogP contribution in [-0.4, -0.2) is 54.7 Å². The normalized spacial score (nSPS) is 21.1. The predicted molar refractivity (Wildman–Crippen MR) is 69.2 cm³/mol. The van der Waals surface area contributed by atoms with Crippen LogP contribution in [0.3, 0.4) is 0 Å². The van der Waals surface area contributed by atoms with Crippen LogP contribution >= 0.6 is 12.2 Å². The van der Waals surface area contributed by atoms with Gasteiger partial charge in [0.2, 0.25) is 0 Å². The van der Waals surface area contributed by atoms with E-state index in [2.05, 4.69) is 36.1 Å². The van der Waals surface area contributed by atoms with Crippen molar-refractivity contribution in [2.24, 2.45) is 0 Å². The summed E-state index contributed by atoms with van der Waals surface area (Å²) in [6.07, 6.45) is 3.67. The molecule has 1 rings (SSSR count). The van der Waals surface area contributed by atoms with Gasteiger partial charge >= 0.3 is 0 Å². The molecule has 1 N–H and O–H groups in total. The standard InChI is InChI=1S/C11H23N3S/c1-4-7-12-11(15)14-8-5-6-10(14)9-13(2)3/h10H,4-9H2,1-3H3,(H,12,15). The van der Waals surface area contributed by atoms with Gasteiger partial charge in [-0.05, 0) is 45.6 Å². The van der Waals surface area contributed by atoms with Crippen LogP contribution in [0.4, 0.5) is 0 Å². The van der Waals surface area contributed by atoms with Gasteiger partial charge in [0.15, 0.2) is 5.11 Å². The Labute approximate surface area is 98.8 Å². The highest BCUT2D eigenvalue weighted by atomic mass is 32.1. The molecule has 88 valence electrons. The summed E-state index contributed by atoms with van der Waals surface area (Å²) < 4.78 is 0. The molecule has 0 amide bonds. The molecule has 1 aliphatic rings. The van der Waals surface area contributed by atoms with E-state index in [1.54, 1.807) is 0 Å². The number of thiocarbonyl (C=S) groups is 1. The lowest BCUT2D eigenvalue weighted by Gasteiger charge is -2.29. The molecule has 3 nitrogen and oxygen atoms in total. The highest BCUT2D eigenvalue weighted by Crippen LogP contribution is 2.17. The molecule has 1 aliphatic heterocycles. The van der Waals surface area contributed by atoms with Gasteiger partial charge in [-0.1, -0.05) is 6.92 Å². The van der Waals surface area contributed by atoms with Crippen LogP contribution in [0.25, 0.3) is 0 Å². The molecule has 1 saturated heterocycles. The molecule has 1 fully saturated rings. The van der Waals surface area contributed by atoms with E-state index in [1.165, 1.54) is 12.8 Å². The highest BCUT2D eigenvalue weighted by Gasteiger charge is 2.26. The second kappa shape index (κ2) is 6.28. The molecule has 0 bridgehead atoms. The minimum Gasteiger partial charge on any atom is -0.363 e. The van der Waals surface area contributed by atoms with E-state index in [0.717, 1.165) is 31.2 Å². The van der Waals surface area contributed by atoms with Crippen LogP contribution in [0.5, 0.6) is 0 Å². The summed E-state index contributed by atoms with van der Waals surface area (Å²) >= 11 is 5.41. The van der Waals surface area contributed by atoms with Crippen molar-refractivity contribution in [3.05, 3.63) is 0 Å². The first-order chi connectivity index (χ1) is 7.15. The minimum absolute atomic E-state index is 0.608. The van der Waals surface area contributed by atoms with Crippen LogP contribution in [0, 0.1) is 0 Å². The molecule has 1 atom stereocenters. The molecule has 1 heterocycles. The first kappa shape index (κ1) is 12.7.